The van der Waals surface area contributed by atoms with E-state index in [0.717, 1.165) is 16.7 Å². The summed E-state index contributed by atoms with van der Waals surface area (Å²) in [4.78, 5) is 4.25. The van der Waals surface area contributed by atoms with Crippen LogP contribution in [0.15, 0.2) is 65.7 Å². The fourth-order valence-corrected chi connectivity index (χ4v) is 2.86. The average Bonchev–Trinajstić information content (AvgIpc) is 3.33. The van der Waals surface area contributed by atoms with Crippen molar-refractivity contribution in [3.63, 3.8) is 0 Å². The minimum absolute atomic E-state index is 0.382. The second-order valence-electron chi connectivity index (χ2n) is 5.49. The Morgan fingerprint density at radius 1 is 1.08 bits per heavy atom. The smallest absolute Gasteiger partial charge is 0.227 e. The van der Waals surface area contributed by atoms with E-state index in [1.807, 2.05) is 48.0 Å². The van der Waals surface area contributed by atoms with Crippen LogP contribution in [0, 0.1) is 11.3 Å². The Hall–Kier alpha value is -3.72. The van der Waals surface area contributed by atoms with Crippen LogP contribution < -0.4 is 0 Å². The summed E-state index contributed by atoms with van der Waals surface area (Å²) in [6.45, 7) is 0. The third-order valence-corrected chi connectivity index (χ3v) is 3.99. The molecule has 0 aliphatic rings. The summed E-state index contributed by atoms with van der Waals surface area (Å²) in [7, 11) is 1.86. The SMILES string of the molecule is Cn1cnnc1-c1c(-c2ccccc2)ccc(C#N)c1-c1ncco1. The fourth-order valence-electron chi connectivity index (χ4n) is 2.86. The summed E-state index contributed by atoms with van der Waals surface area (Å²) in [5.74, 6) is 1.02. The molecule has 0 aliphatic carbocycles. The molecule has 0 bridgehead atoms. The summed E-state index contributed by atoms with van der Waals surface area (Å²) < 4.78 is 7.33. The Morgan fingerprint density at radius 3 is 2.56 bits per heavy atom. The molecule has 2 aromatic heterocycles. The van der Waals surface area contributed by atoms with Crippen molar-refractivity contribution < 1.29 is 4.42 Å². The first kappa shape index (κ1) is 14.8. The van der Waals surface area contributed by atoms with Crippen LogP contribution in [0.25, 0.3) is 34.0 Å². The highest BCUT2D eigenvalue weighted by molar-refractivity contribution is 5.93. The molecule has 2 heterocycles. The minimum Gasteiger partial charge on any atom is -0.444 e. The van der Waals surface area contributed by atoms with Crippen molar-refractivity contribution in [2.75, 3.05) is 0 Å². The predicted molar refractivity (Wildman–Crippen MR) is 92.1 cm³/mol. The van der Waals surface area contributed by atoms with Gasteiger partial charge in [-0.2, -0.15) is 5.26 Å². The molecule has 0 aliphatic heterocycles. The maximum absolute atomic E-state index is 9.61. The maximum atomic E-state index is 9.61. The minimum atomic E-state index is 0.382. The number of nitriles is 1. The first-order valence-electron chi connectivity index (χ1n) is 7.66. The van der Waals surface area contributed by atoms with Crippen molar-refractivity contribution >= 4 is 0 Å². The lowest BCUT2D eigenvalue weighted by Crippen LogP contribution is -1.99. The van der Waals surface area contributed by atoms with Gasteiger partial charge in [0.25, 0.3) is 0 Å². The summed E-state index contributed by atoms with van der Waals surface area (Å²) in [5.41, 5.74) is 3.81. The zero-order valence-corrected chi connectivity index (χ0v) is 13.4. The van der Waals surface area contributed by atoms with E-state index in [1.54, 1.807) is 18.6 Å². The molecule has 0 N–H and O–H groups in total. The molecule has 120 valence electrons. The zero-order chi connectivity index (χ0) is 17.2. The molecule has 6 nitrogen and oxygen atoms in total. The molecule has 4 rings (SSSR count). The lowest BCUT2D eigenvalue weighted by molar-refractivity contribution is 0.574. The normalized spacial score (nSPS) is 10.6. The summed E-state index contributed by atoms with van der Waals surface area (Å²) >= 11 is 0. The first-order valence-corrected chi connectivity index (χ1v) is 7.66. The number of hydrogen-bond donors (Lipinski definition) is 0. The van der Waals surface area contributed by atoms with Crippen LogP contribution in [0.1, 0.15) is 5.56 Å². The molecule has 0 atom stereocenters. The highest BCUT2D eigenvalue weighted by atomic mass is 16.3. The maximum Gasteiger partial charge on any atom is 0.227 e. The van der Waals surface area contributed by atoms with Gasteiger partial charge in [0.05, 0.1) is 23.4 Å². The third-order valence-electron chi connectivity index (χ3n) is 3.99. The van der Waals surface area contributed by atoms with E-state index in [9.17, 15) is 5.26 Å². The number of hydrogen-bond acceptors (Lipinski definition) is 5. The van der Waals surface area contributed by atoms with Gasteiger partial charge in [-0.3, -0.25) is 0 Å². The topological polar surface area (TPSA) is 80.5 Å². The Bertz CT molecular complexity index is 1060. The lowest BCUT2D eigenvalue weighted by atomic mass is 9.91. The van der Waals surface area contributed by atoms with Crippen LogP contribution in [0.5, 0.6) is 0 Å². The summed E-state index contributed by atoms with van der Waals surface area (Å²) in [6.07, 6.45) is 4.68. The molecule has 0 unspecified atom stereocenters. The van der Waals surface area contributed by atoms with Gasteiger partial charge in [-0.15, -0.1) is 10.2 Å². The van der Waals surface area contributed by atoms with E-state index < -0.39 is 0 Å². The monoisotopic (exact) mass is 327 g/mol. The van der Waals surface area contributed by atoms with E-state index in [2.05, 4.69) is 21.3 Å². The Kier molecular flexibility index (Phi) is 3.60. The van der Waals surface area contributed by atoms with Crippen LogP contribution in [-0.4, -0.2) is 19.7 Å². The van der Waals surface area contributed by atoms with Crippen molar-refractivity contribution in [1.29, 1.82) is 5.26 Å². The third kappa shape index (κ3) is 2.48. The largest absolute Gasteiger partial charge is 0.444 e. The molecule has 0 fully saturated rings. The van der Waals surface area contributed by atoms with Gasteiger partial charge in [-0.05, 0) is 17.2 Å². The van der Waals surface area contributed by atoms with E-state index in [0.29, 0.717) is 22.8 Å². The molecular formula is C19H13N5O. The van der Waals surface area contributed by atoms with Crippen LogP contribution >= 0.6 is 0 Å². The Labute approximate surface area is 144 Å². The molecule has 25 heavy (non-hydrogen) atoms. The number of aryl methyl sites for hydroxylation is 1. The van der Waals surface area contributed by atoms with Gasteiger partial charge in [-0.25, -0.2) is 4.98 Å². The number of nitrogens with zero attached hydrogens (tertiary/aromatic N) is 5. The molecule has 2 aromatic carbocycles. The quantitative estimate of drug-likeness (QED) is 0.573. The van der Waals surface area contributed by atoms with Gasteiger partial charge in [-0.1, -0.05) is 36.4 Å². The van der Waals surface area contributed by atoms with Crippen molar-refractivity contribution in [3.05, 3.63) is 66.8 Å². The molecule has 0 amide bonds. The van der Waals surface area contributed by atoms with Crippen molar-refractivity contribution in [3.8, 4) is 40.0 Å². The Morgan fingerprint density at radius 2 is 1.92 bits per heavy atom. The number of rotatable bonds is 3. The highest BCUT2D eigenvalue weighted by Gasteiger charge is 2.23. The standard InChI is InChI=1S/C19H13N5O/c1-24-12-22-23-18(24)17-15(13-5-3-2-4-6-13)8-7-14(11-20)16(17)19-21-9-10-25-19/h2-10,12H,1H3. The van der Waals surface area contributed by atoms with Gasteiger partial charge in [0, 0.05) is 12.6 Å². The number of benzene rings is 2. The van der Waals surface area contributed by atoms with E-state index in [1.165, 1.54) is 6.26 Å². The molecule has 0 spiro atoms. The second-order valence-corrected chi connectivity index (χ2v) is 5.49. The zero-order valence-electron chi connectivity index (χ0n) is 13.4. The average molecular weight is 327 g/mol. The van der Waals surface area contributed by atoms with Gasteiger partial charge in [0.15, 0.2) is 5.82 Å². The van der Waals surface area contributed by atoms with E-state index in [-0.39, 0.29) is 0 Å². The van der Waals surface area contributed by atoms with Crippen molar-refractivity contribution in [2.45, 2.75) is 0 Å². The van der Waals surface area contributed by atoms with Crippen LogP contribution in [0.2, 0.25) is 0 Å². The summed E-state index contributed by atoms with van der Waals surface area (Å²) in [5, 5.41) is 17.8. The Balaban J connectivity index is 2.13. The molecule has 6 heteroatoms. The van der Waals surface area contributed by atoms with Crippen molar-refractivity contribution in [2.24, 2.45) is 7.05 Å². The highest BCUT2D eigenvalue weighted by Crippen LogP contribution is 2.40. The molecule has 0 saturated heterocycles. The summed E-state index contributed by atoms with van der Waals surface area (Å²) in [6, 6.07) is 15.9. The molecule has 4 aromatic rings. The molecular weight excluding hydrogens is 314 g/mol. The van der Waals surface area contributed by atoms with Crippen LogP contribution in [-0.2, 0) is 7.05 Å². The predicted octanol–water partition coefficient (Wildman–Crippen LogP) is 3.68. The number of oxazole rings is 1. The fraction of sp³-hybridized carbons (Fsp3) is 0.0526. The first-order chi connectivity index (χ1) is 12.3. The van der Waals surface area contributed by atoms with Gasteiger partial charge < -0.3 is 8.98 Å². The number of aromatic nitrogens is 4. The lowest BCUT2D eigenvalue weighted by Gasteiger charge is -2.14. The van der Waals surface area contributed by atoms with Gasteiger partial charge in [0.1, 0.15) is 12.6 Å². The van der Waals surface area contributed by atoms with Crippen molar-refractivity contribution in [1.82, 2.24) is 19.7 Å². The van der Waals surface area contributed by atoms with Crippen LogP contribution in [0.3, 0.4) is 0 Å². The molecule has 0 saturated carbocycles. The van der Waals surface area contributed by atoms with Crippen LogP contribution in [0.4, 0.5) is 0 Å². The molecule has 0 radical (unpaired) electrons. The van der Waals surface area contributed by atoms with E-state index >= 15 is 0 Å². The van der Waals surface area contributed by atoms with E-state index in [4.69, 9.17) is 4.42 Å². The van der Waals surface area contributed by atoms with Gasteiger partial charge in [0.2, 0.25) is 5.89 Å². The second kappa shape index (κ2) is 6.06. The van der Waals surface area contributed by atoms with Gasteiger partial charge >= 0.3 is 0 Å².